The van der Waals surface area contributed by atoms with Crippen molar-refractivity contribution >= 4 is 46.9 Å². The quantitative estimate of drug-likeness (QED) is 0.0414. The van der Waals surface area contributed by atoms with Crippen LogP contribution in [0, 0.1) is 80.1 Å². The van der Waals surface area contributed by atoms with Gasteiger partial charge in [-0.3, -0.25) is 9.59 Å². The maximum absolute atomic E-state index is 13.0. The summed E-state index contributed by atoms with van der Waals surface area (Å²) in [6.07, 6.45) is 17.1. The lowest BCUT2D eigenvalue weighted by Crippen LogP contribution is -2.37. The van der Waals surface area contributed by atoms with Crippen molar-refractivity contribution in [2.45, 2.75) is 143 Å². The third-order valence-electron chi connectivity index (χ3n) is 16.4. The molecule has 0 radical (unpaired) electrons. The molecule has 3 heterocycles. The standard InChI is InChI=1S/C22H28FN5.C22H24N6O.C21H24FN5O.H2/c1-15-4-9-19(12-22(15,2)3)27-20-17(13-24)14-26-21(28-20)25-11-10-16-5-7-18(23)8-6-16;1-15(29)18-6-8-20(9-7-18)27-21-19(13-24)14-26-22(28-21)25-11-10-16-2-4-17(12-23)5-3-16;1-14(28)16-4-8-19(9-5-16)26-20-17(12-23)13-25-21(27-20)24-11-10-15-2-6-18(22)7-3-15;/h5-8,14-15,19H,4,9-12H2,1-3H3,(H2,25,26,27,28);2-5,14,18,20H,6-11H2,1H3,(H2,25,26,27,28);2-3,6-7,13,16,19H,4-5,8-11H2,1H3,(H2,24,25,26,27);1H/t15-,19+;;;/m0.../s1. The number of rotatable bonds is 20. The summed E-state index contributed by atoms with van der Waals surface area (Å²) in [5.41, 5.74) is 5.36. The van der Waals surface area contributed by atoms with E-state index >= 15 is 0 Å². The zero-order valence-corrected chi connectivity index (χ0v) is 49.2. The third-order valence-corrected chi connectivity index (χ3v) is 16.4. The average molecular weight is 1150 g/mol. The minimum atomic E-state index is -0.250. The van der Waals surface area contributed by atoms with Gasteiger partial charge in [-0.1, -0.05) is 57.2 Å². The van der Waals surface area contributed by atoms with Crippen molar-refractivity contribution in [2.24, 2.45) is 23.2 Å². The van der Waals surface area contributed by atoms with E-state index in [1.807, 2.05) is 12.1 Å². The van der Waals surface area contributed by atoms with Gasteiger partial charge in [0.1, 0.15) is 75.6 Å². The van der Waals surface area contributed by atoms with E-state index in [-0.39, 0.29) is 54.0 Å². The van der Waals surface area contributed by atoms with Crippen molar-refractivity contribution in [3.63, 3.8) is 0 Å². The Kier molecular flexibility index (Phi) is 23.5. The maximum Gasteiger partial charge on any atom is 0.224 e. The topological polar surface area (TPSA) is 279 Å². The lowest BCUT2D eigenvalue weighted by atomic mass is 9.68. The van der Waals surface area contributed by atoms with E-state index in [0.29, 0.717) is 95.6 Å². The summed E-state index contributed by atoms with van der Waals surface area (Å²) in [5, 5.41) is 56.7. The van der Waals surface area contributed by atoms with Crippen LogP contribution in [0.1, 0.15) is 146 Å². The minimum absolute atomic E-state index is 0. The Labute approximate surface area is 499 Å². The van der Waals surface area contributed by atoms with Crippen LogP contribution >= 0.6 is 0 Å². The van der Waals surface area contributed by atoms with E-state index in [0.717, 1.165) is 93.7 Å². The number of nitrogens with one attached hydrogen (secondary N) is 6. The van der Waals surface area contributed by atoms with Crippen LogP contribution in [-0.2, 0) is 28.9 Å². The zero-order valence-electron chi connectivity index (χ0n) is 49.2. The highest BCUT2D eigenvalue weighted by Gasteiger charge is 2.34. The fourth-order valence-electron chi connectivity index (χ4n) is 10.8. The van der Waals surface area contributed by atoms with Crippen LogP contribution in [0.2, 0.25) is 0 Å². The first kappa shape index (κ1) is 63.4. The molecule has 6 aromatic rings. The Morgan fingerprint density at radius 2 is 0.835 bits per heavy atom. The number of ketones is 2. The first-order valence-electron chi connectivity index (χ1n) is 29.3. The van der Waals surface area contributed by atoms with Gasteiger partial charge in [0.2, 0.25) is 17.8 Å². The Morgan fingerprint density at radius 1 is 0.506 bits per heavy atom. The molecule has 18 nitrogen and oxygen atoms in total. The average Bonchev–Trinajstić information content (AvgIpc) is 2.40. The molecule has 3 fully saturated rings. The van der Waals surface area contributed by atoms with Crippen molar-refractivity contribution in [3.8, 4) is 24.3 Å². The van der Waals surface area contributed by atoms with Crippen molar-refractivity contribution in [1.82, 2.24) is 29.9 Å². The van der Waals surface area contributed by atoms with Crippen LogP contribution in [0.15, 0.2) is 91.4 Å². The largest absolute Gasteiger partial charge is 0.366 e. The molecule has 2 atom stereocenters. The number of hydrogen-bond acceptors (Lipinski definition) is 18. The molecule has 3 aliphatic rings. The first-order valence-corrected chi connectivity index (χ1v) is 29.3. The summed E-state index contributed by atoms with van der Waals surface area (Å²) in [6, 6.07) is 29.6. The predicted octanol–water partition coefficient (Wildman–Crippen LogP) is 12.2. The molecular weight excluding hydrogens is 1070 g/mol. The van der Waals surface area contributed by atoms with Gasteiger partial charge in [-0.15, -0.1) is 0 Å². The highest BCUT2D eigenvalue weighted by molar-refractivity contribution is 5.78. The van der Waals surface area contributed by atoms with Crippen LogP contribution in [0.5, 0.6) is 0 Å². The van der Waals surface area contributed by atoms with Gasteiger partial charge in [0.25, 0.3) is 0 Å². The summed E-state index contributed by atoms with van der Waals surface area (Å²) in [5.74, 6) is 4.10. The summed E-state index contributed by atoms with van der Waals surface area (Å²) >= 11 is 0. The molecule has 6 N–H and O–H groups in total. The Bertz CT molecular complexity index is 3340. The highest BCUT2D eigenvalue weighted by Crippen LogP contribution is 2.41. The van der Waals surface area contributed by atoms with Gasteiger partial charge in [0.15, 0.2) is 0 Å². The van der Waals surface area contributed by atoms with Crippen LogP contribution in [0.4, 0.5) is 44.1 Å². The van der Waals surface area contributed by atoms with Crippen molar-refractivity contribution in [1.29, 1.82) is 21.0 Å². The highest BCUT2D eigenvalue weighted by atomic mass is 19.1. The number of aromatic nitrogens is 6. The molecule has 0 amide bonds. The van der Waals surface area contributed by atoms with Crippen LogP contribution < -0.4 is 31.9 Å². The minimum Gasteiger partial charge on any atom is -0.366 e. The van der Waals surface area contributed by atoms with Crippen molar-refractivity contribution in [3.05, 3.63) is 142 Å². The SMILES string of the molecule is CC(=O)C1CCC(Nc2nc(NCCc3ccc(C#N)cc3)ncc2C#N)CC1.CC(=O)C1CCC(Nc2nc(NCCc3ccc(F)cc3)ncc2C#N)CC1.C[C@H]1CC[C@@H](Nc2nc(NCCc3ccc(F)cc3)ncc2C#N)CC1(C)C.[HH]. The number of hydrogen-bond donors (Lipinski definition) is 6. The van der Waals surface area contributed by atoms with E-state index in [1.54, 1.807) is 56.4 Å². The molecule has 3 aromatic carbocycles. The molecule has 85 heavy (non-hydrogen) atoms. The number of carbonyl (C=O) groups excluding carboxylic acids is 2. The van der Waals surface area contributed by atoms with Gasteiger partial charge in [0.05, 0.1) is 30.2 Å². The number of carbonyl (C=O) groups is 2. The second-order valence-corrected chi connectivity index (χ2v) is 22.9. The van der Waals surface area contributed by atoms with Gasteiger partial charge in [0, 0.05) is 51.0 Å². The summed E-state index contributed by atoms with van der Waals surface area (Å²) < 4.78 is 25.9. The van der Waals surface area contributed by atoms with Crippen molar-refractivity contribution < 1.29 is 19.8 Å². The Balaban J connectivity index is 0.000000205. The lowest BCUT2D eigenvalue weighted by molar-refractivity contribution is -0.122. The van der Waals surface area contributed by atoms with Crippen molar-refractivity contribution in [2.75, 3.05) is 51.5 Å². The summed E-state index contributed by atoms with van der Waals surface area (Å²) in [7, 11) is 0. The van der Waals surface area contributed by atoms with Gasteiger partial charge < -0.3 is 31.9 Å². The molecule has 0 spiro atoms. The Morgan fingerprint density at radius 3 is 1.15 bits per heavy atom. The zero-order chi connectivity index (χ0) is 60.7. The van der Waals surface area contributed by atoms with E-state index in [2.05, 4.69) is 107 Å². The number of nitrogens with zero attached hydrogens (tertiary/aromatic N) is 10. The summed E-state index contributed by atoms with van der Waals surface area (Å²) in [6.45, 7) is 12.1. The fraction of sp³-hybridized carbons (Fsp3) is 0.446. The number of benzene rings is 3. The maximum atomic E-state index is 13.0. The van der Waals surface area contributed by atoms with E-state index in [1.165, 1.54) is 43.1 Å². The summed E-state index contributed by atoms with van der Waals surface area (Å²) in [4.78, 5) is 49.2. The lowest BCUT2D eigenvalue weighted by Gasteiger charge is -2.41. The number of anilines is 6. The molecule has 3 aromatic heterocycles. The third kappa shape index (κ3) is 19.7. The fourth-order valence-corrected chi connectivity index (χ4v) is 10.8. The number of nitriles is 4. The molecule has 3 aliphatic carbocycles. The molecule has 0 aliphatic heterocycles. The van der Waals surface area contributed by atoms with Gasteiger partial charge in [-0.25, -0.2) is 23.7 Å². The molecule has 0 unspecified atom stereocenters. The van der Waals surface area contributed by atoms with Crippen LogP contribution in [-0.4, -0.2) is 79.2 Å². The van der Waals surface area contributed by atoms with Gasteiger partial charge >= 0.3 is 0 Å². The number of halogens is 2. The molecule has 0 saturated heterocycles. The second kappa shape index (κ2) is 31.5. The van der Waals surface area contributed by atoms with E-state index < -0.39 is 0 Å². The normalized spacial score (nSPS) is 19.4. The second-order valence-electron chi connectivity index (χ2n) is 22.9. The molecule has 3 saturated carbocycles. The molecule has 444 valence electrons. The van der Waals surface area contributed by atoms with Gasteiger partial charge in [-0.2, -0.15) is 36.0 Å². The monoisotopic (exact) mass is 1150 g/mol. The molecular formula is C65H78F2N16O2. The predicted molar refractivity (Wildman–Crippen MR) is 327 cm³/mol. The Hall–Kier alpha value is -9.14. The first-order chi connectivity index (χ1) is 41.0. The molecule has 20 heteroatoms. The molecule has 9 rings (SSSR count). The van der Waals surface area contributed by atoms with E-state index in [9.17, 15) is 34.2 Å². The molecule has 0 bridgehead atoms. The smallest absolute Gasteiger partial charge is 0.224 e. The van der Waals surface area contributed by atoms with E-state index in [4.69, 9.17) is 5.26 Å². The van der Waals surface area contributed by atoms with Gasteiger partial charge in [-0.05, 0) is 168 Å². The number of Topliss-reactive ketones (excluding diaryl/α,β-unsaturated/α-hetero) is 2. The van der Waals surface area contributed by atoms with Crippen LogP contribution in [0.25, 0.3) is 0 Å². The van der Waals surface area contributed by atoms with Crippen LogP contribution in [0.3, 0.4) is 0 Å².